The van der Waals surface area contributed by atoms with Gasteiger partial charge in [0.1, 0.15) is 0 Å². The maximum atomic E-state index is 6.16. The Morgan fingerprint density at radius 2 is 2.35 bits per heavy atom. The molecule has 2 heterocycles. The molecule has 0 aliphatic carbocycles. The van der Waals surface area contributed by atoms with Gasteiger partial charge in [0.2, 0.25) is 0 Å². The molecule has 1 aromatic carbocycles. The highest BCUT2D eigenvalue weighted by Crippen LogP contribution is 2.29. The van der Waals surface area contributed by atoms with Crippen LogP contribution < -0.4 is 11.1 Å². The number of hydrogen-bond acceptors (Lipinski definition) is 6. The summed E-state index contributed by atoms with van der Waals surface area (Å²) >= 11 is 6.16. The molecule has 3 N–H and O–H groups in total. The van der Waals surface area contributed by atoms with E-state index in [-0.39, 0.29) is 6.04 Å². The summed E-state index contributed by atoms with van der Waals surface area (Å²) in [6.45, 7) is 2.74. The van der Waals surface area contributed by atoms with Crippen LogP contribution in [-0.2, 0) is 0 Å². The third-order valence-corrected chi connectivity index (χ3v) is 3.79. The molecule has 1 saturated heterocycles. The summed E-state index contributed by atoms with van der Waals surface area (Å²) < 4.78 is 5.33. The summed E-state index contributed by atoms with van der Waals surface area (Å²) in [5, 5.41) is 7.91. The minimum absolute atomic E-state index is 0.119. The first-order valence-electron chi connectivity index (χ1n) is 6.45. The first-order valence-corrected chi connectivity index (χ1v) is 6.83. The first kappa shape index (κ1) is 13.4. The summed E-state index contributed by atoms with van der Waals surface area (Å²) in [4.78, 5) is 6.66. The monoisotopic (exact) mass is 293 g/mol. The first-order chi connectivity index (χ1) is 9.65. The van der Waals surface area contributed by atoms with Gasteiger partial charge in [-0.25, -0.2) is 0 Å². The maximum Gasteiger partial charge on any atom is 0.259 e. The third kappa shape index (κ3) is 2.49. The second-order valence-electron chi connectivity index (χ2n) is 4.90. The Kier molecular flexibility index (Phi) is 3.60. The molecule has 1 atom stereocenters. The van der Waals surface area contributed by atoms with E-state index in [9.17, 15) is 0 Å². The van der Waals surface area contributed by atoms with Gasteiger partial charge in [-0.2, -0.15) is 4.98 Å². The molecule has 1 unspecified atom stereocenters. The molecule has 106 valence electrons. The van der Waals surface area contributed by atoms with Crippen LogP contribution in [0.1, 0.15) is 11.9 Å². The standard InChI is InChI=1S/C13H16ClN5O/c1-19-5-4-16-7-11(19)12-17-13(20-18-12)9-3-2-8(15)6-10(9)14/h2-3,6,11,16H,4-5,7,15H2,1H3. The van der Waals surface area contributed by atoms with Gasteiger partial charge >= 0.3 is 0 Å². The SMILES string of the molecule is CN1CCNCC1c1noc(-c2ccc(N)cc2Cl)n1. The number of aromatic nitrogens is 2. The summed E-state index contributed by atoms with van der Waals surface area (Å²) in [6, 6.07) is 5.35. The predicted octanol–water partition coefficient (Wildman–Crippen LogP) is 1.55. The van der Waals surface area contributed by atoms with Crippen molar-refractivity contribution in [2.24, 2.45) is 0 Å². The minimum Gasteiger partial charge on any atom is -0.399 e. The van der Waals surface area contributed by atoms with E-state index < -0.39 is 0 Å². The molecule has 0 spiro atoms. The average molecular weight is 294 g/mol. The molecular weight excluding hydrogens is 278 g/mol. The van der Waals surface area contributed by atoms with Gasteiger partial charge in [0.25, 0.3) is 5.89 Å². The van der Waals surface area contributed by atoms with Crippen molar-refractivity contribution in [3.8, 4) is 11.5 Å². The van der Waals surface area contributed by atoms with Crippen LogP contribution in [0.15, 0.2) is 22.7 Å². The van der Waals surface area contributed by atoms with Crippen molar-refractivity contribution >= 4 is 17.3 Å². The van der Waals surface area contributed by atoms with Crippen molar-refractivity contribution in [1.29, 1.82) is 0 Å². The molecule has 2 aromatic rings. The molecule has 20 heavy (non-hydrogen) atoms. The second kappa shape index (κ2) is 5.40. The van der Waals surface area contributed by atoms with Crippen LogP contribution >= 0.6 is 11.6 Å². The van der Waals surface area contributed by atoms with E-state index in [0.717, 1.165) is 19.6 Å². The molecule has 1 aliphatic rings. The number of nitrogens with two attached hydrogens (primary N) is 1. The Morgan fingerprint density at radius 3 is 3.10 bits per heavy atom. The second-order valence-corrected chi connectivity index (χ2v) is 5.30. The number of nitrogens with zero attached hydrogens (tertiary/aromatic N) is 3. The van der Waals surface area contributed by atoms with E-state index in [1.165, 1.54) is 0 Å². The number of benzene rings is 1. The number of halogens is 1. The van der Waals surface area contributed by atoms with Crippen molar-refractivity contribution in [2.45, 2.75) is 6.04 Å². The zero-order valence-corrected chi connectivity index (χ0v) is 11.9. The molecule has 0 radical (unpaired) electrons. The number of piperazine rings is 1. The highest BCUT2D eigenvalue weighted by atomic mass is 35.5. The van der Waals surface area contributed by atoms with E-state index >= 15 is 0 Å². The molecule has 7 heteroatoms. The molecular formula is C13H16ClN5O. The Labute approximate surface area is 121 Å². The zero-order valence-electron chi connectivity index (χ0n) is 11.1. The summed E-state index contributed by atoms with van der Waals surface area (Å²) in [5.41, 5.74) is 6.99. The van der Waals surface area contributed by atoms with Crippen LogP contribution in [0.5, 0.6) is 0 Å². The number of nitrogen functional groups attached to an aromatic ring is 1. The van der Waals surface area contributed by atoms with Gasteiger partial charge in [-0.3, -0.25) is 4.90 Å². The van der Waals surface area contributed by atoms with E-state index in [1.54, 1.807) is 18.2 Å². The van der Waals surface area contributed by atoms with Gasteiger partial charge in [-0.05, 0) is 25.2 Å². The van der Waals surface area contributed by atoms with Crippen molar-refractivity contribution in [3.63, 3.8) is 0 Å². The Hall–Kier alpha value is -1.63. The van der Waals surface area contributed by atoms with Crippen LogP contribution in [0.2, 0.25) is 5.02 Å². The third-order valence-electron chi connectivity index (χ3n) is 3.47. The molecule has 0 saturated carbocycles. The number of rotatable bonds is 2. The summed E-state index contributed by atoms with van der Waals surface area (Å²) in [5.74, 6) is 1.09. The van der Waals surface area contributed by atoms with Crippen molar-refractivity contribution in [2.75, 3.05) is 32.4 Å². The van der Waals surface area contributed by atoms with Gasteiger partial charge in [-0.1, -0.05) is 16.8 Å². The van der Waals surface area contributed by atoms with E-state index in [0.29, 0.717) is 28.0 Å². The quantitative estimate of drug-likeness (QED) is 0.818. The zero-order chi connectivity index (χ0) is 14.1. The van der Waals surface area contributed by atoms with Gasteiger partial charge in [0.15, 0.2) is 5.82 Å². The van der Waals surface area contributed by atoms with Crippen LogP contribution in [0, 0.1) is 0 Å². The fraction of sp³-hybridized carbons (Fsp3) is 0.385. The lowest BCUT2D eigenvalue weighted by Crippen LogP contribution is -2.44. The fourth-order valence-electron chi connectivity index (χ4n) is 2.28. The highest BCUT2D eigenvalue weighted by Gasteiger charge is 2.25. The minimum atomic E-state index is 0.119. The molecule has 6 nitrogen and oxygen atoms in total. The molecule has 1 aromatic heterocycles. The van der Waals surface area contributed by atoms with E-state index in [1.807, 2.05) is 0 Å². The van der Waals surface area contributed by atoms with Crippen LogP contribution in [0.3, 0.4) is 0 Å². The lowest BCUT2D eigenvalue weighted by atomic mass is 10.2. The molecule has 0 amide bonds. The maximum absolute atomic E-state index is 6.16. The average Bonchev–Trinajstić information content (AvgIpc) is 2.88. The lowest BCUT2D eigenvalue weighted by molar-refractivity contribution is 0.190. The van der Waals surface area contributed by atoms with Gasteiger partial charge in [0.05, 0.1) is 16.6 Å². The van der Waals surface area contributed by atoms with E-state index in [4.69, 9.17) is 21.9 Å². The van der Waals surface area contributed by atoms with Gasteiger partial charge < -0.3 is 15.6 Å². The molecule has 0 bridgehead atoms. The molecule has 1 aliphatic heterocycles. The Balaban J connectivity index is 1.89. The van der Waals surface area contributed by atoms with Crippen LogP contribution in [0.4, 0.5) is 5.69 Å². The highest BCUT2D eigenvalue weighted by molar-refractivity contribution is 6.33. The van der Waals surface area contributed by atoms with Gasteiger partial charge in [0, 0.05) is 25.3 Å². The topological polar surface area (TPSA) is 80.2 Å². The summed E-state index contributed by atoms with van der Waals surface area (Å²) in [7, 11) is 2.05. The van der Waals surface area contributed by atoms with Crippen molar-refractivity contribution in [3.05, 3.63) is 29.0 Å². The smallest absolute Gasteiger partial charge is 0.259 e. The Bertz CT molecular complexity index is 615. The number of hydrogen-bond donors (Lipinski definition) is 2. The van der Waals surface area contributed by atoms with E-state index in [2.05, 4.69) is 27.4 Å². The number of likely N-dealkylation sites (N-methyl/N-ethyl adjacent to an activating group) is 1. The molecule has 3 rings (SSSR count). The van der Waals surface area contributed by atoms with Crippen molar-refractivity contribution < 1.29 is 4.52 Å². The Morgan fingerprint density at radius 1 is 1.50 bits per heavy atom. The normalized spacial score (nSPS) is 20.2. The van der Waals surface area contributed by atoms with Crippen molar-refractivity contribution in [1.82, 2.24) is 20.4 Å². The number of nitrogens with one attached hydrogen (secondary N) is 1. The van der Waals surface area contributed by atoms with Crippen LogP contribution in [0.25, 0.3) is 11.5 Å². The van der Waals surface area contributed by atoms with Crippen LogP contribution in [-0.4, -0.2) is 41.7 Å². The fourth-order valence-corrected chi connectivity index (χ4v) is 2.55. The molecule has 1 fully saturated rings. The van der Waals surface area contributed by atoms with Gasteiger partial charge in [-0.15, -0.1) is 0 Å². The lowest BCUT2D eigenvalue weighted by Gasteiger charge is -2.30. The summed E-state index contributed by atoms with van der Waals surface area (Å²) in [6.07, 6.45) is 0. The largest absolute Gasteiger partial charge is 0.399 e. The number of anilines is 1. The predicted molar refractivity (Wildman–Crippen MR) is 77.4 cm³/mol.